The minimum Gasteiger partial charge on any atom is -0.468 e. The molecule has 2 N–H and O–H groups in total. The number of esters is 1. The van der Waals surface area contributed by atoms with Gasteiger partial charge in [0.05, 0.1) is 7.11 Å². The molecule has 0 heterocycles. The van der Waals surface area contributed by atoms with Gasteiger partial charge in [0, 0.05) is 5.92 Å². The summed E-state index contributed by atoms with van der Waals surface area (Å²) < 4.78 is 4.50. The monoisotopic (exact) mass is 177 g/mol. The van der Waals surface area contributed by atoms with E-state index in [1.165, 1.54) is 7.11 Å². The van der Waals surface area contributed by atoms with Crippen molar-refractivity contribution >= 4 is 18.4 Å². The summed E-state index contributed by atoms with van der Waals surface area (Å²) in [4.78, 5) is 10.9. The van der Waals surface area contributed by atoms with Crippen LogP contribution in [0, 0.1) is 5.92 Å². The number of nitrogens with two attached hydrogens (primary N) is 1. The highest BCUT2D eigenvalue weighted by molar-refractivity contribution is 5.85. The Kier molecular flexibility index (Phi) is 3.08. The fraction of sp³-hybridized carbons (Fsp3) is 0.571. The lowest BCUT2D eigenvalue weighted by Crippen LogP contribution is -2.36. The molecule has 0 aliphatic heterocycles. The molecule has 2 atom stereocenters. The molecule has 0 radical (unpaired) electrons. The van der Waals surface area contributed by atoms with Gasteiger partial charge in [-0.25, -0.2) is 0 Å². The van der Waals surface area contributed by atoms with Crippen molar-refractivity contribution in [3.05, 3.63) is 12.7 Å². The zero-order valence-electron chi connectivity index (χ0n) is 6.37. The van der Waals surface area contributed by atoms with Crippen molar-refractivity contribution in [1.29, 1.82) is 0 Å². The van der Waals surface area contributed by atoms with Gasteiger partial charge < -0.3 is 10.5 Å². The summed E-state index contributed by atoms with van der Waals surface area (Å²) in [5, 5.41) is 0. The average molecular weight is 178 g/mol. The van der Waals surface area contributed by atoms with Crippen LogP contribution in [-0.4, -0.2) is 18.6 Å². The molecule has 4 heteroatoms. The van der Waals surface area contributed by atoms with Crippen LogP contribution < -0.4 is 5.73 Å². The fourth-order valence-corrected chi connectivity index (χ4v) is 1.02. The molecular weight excluding hydrogens is 166 g/mol. The van der Waals surface area contributed by atoms with E-state index in [0.717, 1.165) is 0 Å². The van der Waals surface area contributed by atoms with Crippen molar-refractivity contribution < 1.29 is 9.53 Å². The van der Waals surface area contributed by atoms with Gasteiger partial charge in [-0.2, -0.15) is 0 Å². The second kappa shape index (κ2) is 3.24. The van der Waals surface area contributed by atoms with Gasteiger partial charge in [-0.3, -0.25) is 4.79 Å². The Labute approximate surface area is 72.0 Å². The number of ether oxygens (including phenoxy) is 1. The Morgan fingerprint density at radius 1 is 1.91 bits per heavy atom. The molecule has 3 nitrogen and oxygen atoms in total. The Morgan fingerprint density at radius 2 is 2.45 bits per heavy atom. The number of methoxy groups -OCH3 is 1. The quantitative estimate of drug-likeness (QED) is 0.493. The van der Waals surface area contributed by atoms with Crippen molar-refractivity contribution in [2.24, 2.45) is 11.7 Å². The second-order valence-corrected chi connectivity index (χ2v) is 2.58. The maximum atomic E-state index is 10.9. The van der Waals surface area contributed by atoms with Gasteiger partial charge in [-0.1, -0.05) is 6.08 Å². The summed E-state index contributed by atoms with van der Waals surface area (Å²) in [6, 6.07) is 0. The molecule has 0 bridgehead atoms. The maximum absolute atomic E-state index is 10.9. The Morgan fingerprint density at radius 3 is 2.73 bits per heavy atom. The summed E-state index contributed by atoms with van der Waals surface area (Å²) in [5.41, 5.74) is 4.86. The zero-order chi connectivity index (χ0) is 7.78. The van der Waals surface area contributed by atoms with E-state index in [-0.39, 0.29) is 24.3 Å². The largest absolute Gasteiger partial charge is 0.468 e. The average Bonchev–Trinajstić information content (AvgIpc) is 2.61. The van der Waals surface area contributed by atoms with Crippen LogP contribution in [0.3, 0.4) is 0 Å². The molecule has 0 aromatic carbocycles. The fourth-order valence-electron chi connectivity index (χ4n) is 1.02. The van der Waals surface area contributed by atoms with Gasteiger partial charge in [0.25, 0.3) is 0 Å². The van der Waals surface area contributed by atoms with E-state index >= 15 is 0 Å². The minimum absolute atomic E-state index is 0. The third-order valence-electron chi connectivity index (χ3n) is 1.91. The van der Waals surface area contributed by atoms with Crippen LogP contribution >= 0.6 is 12.4 Å². The van der Waals surface area contributed by atoms with Crippen LogP contribution in [0.2, 0.25) is 0 Å². The van der Waals surface area contributed by atoms with Crippen molar-refractivity contribution in [3.63, 3.8) is 0 Å². The van der Waals surface area contributed by atoms with Gasteiger partial charge in [0.1, 0.15) is 5.54 Å². The lowest BCUT2D eigenvalue weighted by molar-refractivity contribution is -0.143. The first-order chi connectivity index (χ1) is 4.65. The summed E-state index contributed by atoms with van der Waals surface area (Å²) in [6.07, 6.45) is 2.36. The number of rotatable bonds is 2. The molecule has 11 heavy (non-hydrogen) atoms. The number of halogens is 1. The predicted molar refractivity (Wildman–Crippen MR) is 44.5 cm³/mol. The highest BCUT2D eigenvalue weighted by atomic mass is 35.5. The van der Waals surface area contributed by atoms with E-state index < -0.39 is 5.54 Å². The molecule has 0 aromatic rings. The SMILES string of the molecule is C=C[C@H]1C[C@@]1(N)C(=O)OC.Cl. The van der Waals surface area contributed by atoms with Crippen LogP contribution in [0.15, 0.2) is 12.7 Å². The lowest BCUT2D eigenvalue weighted by atomic mass is 10.2. The number of carbonyl (C=O) groups is 1. The highest BCUT2D eigenvalue weighted by Gasteiger charge is 2.56. The summed E-state index contributed by atoms with van der Waals surface area (Å²) in [7, 11) is 1.34. The van der Waals surface area contributed by atoms with Gasteiger partial charge in [0.15, 0.2) is 0 Å². The molecule has 1 aliphatic carbocycles. The van der Waals surface area contributed by atoms with Crippen molar-refractivity contribution in [2.45, 2.75) is 12.0 Å². The highest BCUT2D eigenvalue weighted by Crippen LogP contribution is 2.42. The second-order valence-electron chi connectivity index (χ2n) is 2.58. The third kappa shape index (κ3) is 1.54. The van der Waals surface area contributed by atoms with Crippen LogP contribution in [0.25, 0.3) is 0 Å². The summed E-state index contributed by atoms with van der Waals surface area (Å²) in [6.45, 7) is 3.55. The van der Waals surface area contributed by atoms with E-state index in [9.17, 15) is 4.79 Å². The molecule has 1 saturated carbocycles. The molecule has 1 fully saturated rings. The van der Waals surface area contributed by atoms with Gasteiger partial charge >= 0.3 is 5.97 Å². The normalized spacial score (nSPS) is 33.5. The minimum atomic E-state index is -0.753. The number of hydrogen-bond donors (Lipinski definition) is 1. The summed E-state index contributed by atoms with van der Waals surface area (Å²) >= 11 is 0. The molecular formula is C7H12ClNO2. The topological polar surface area (TPSA) is 52.3 Å². The van der Waals surface area contributed by atoms with Crippen LogP contribution in [0.4, 0.5) is 0 Å². The predicted octanol–water partition coefficient (Wildman–Crippen LogP) is 0.485. The first kappa shape index (κ1) is 10.5. The lowest BCUT2D eigenvalue weighted by Gasteiger charge is -2.05. The first-order valence-corrected chi connectivity index (χ1v) is 3.15. The first-order valence-electron chi connectivity index (χ1n) is 3.15. The van der Waals surface area contributed by atoms with Crippen LogP contribution in [-0.2, 0) is 9.53 Å². The van der Waals surface area contributed by atoms with E-state index in [0.29, 0.717) is 6.42 Å². The van der Waals surface area contributed by atoms with E-state index in [2.05, 4.69) is 11.3 Å². The molecule has 0 spiro atoms. The van der Waals surface area contributed by atoms with Gasteiger partial charge in [-0.05, 0) is 6.42 Å². The molecule has 1 aliphatic rings. The standard InChI is InChI=1S/C7H11NO2.ClH/c1-3-5-4-7(5,8)6(9)10-2;/h3,5H,1,4,8H2,2H3;1H/t5-,7-;/m0./s1. The van der Waals surface area contributed by atoms with E-state index in [4.69, 9.17) is 5.73 Å². The van der Waals surface area contributed by atoms with E-state index in [1.807, 2.05) is 0 Å². The smallest absolute Gasteiger partial charge is 0.326 e. The number of carbonyl (C=O) groups excluding carboxylic acids is 1. The molecule has 1 rings (SSSR count). The van der Waals surface area contributed by atoms with Gasteiger partial charge in [-0.15, -0.1) is 19.0 Å². The third-order valence-corrected chi connectivity index (χ3v) is 1.91. The van der Waals surface area contributed by atoms with Crippen molar-refractivity contribution in [1.82, 2.24) is 0 Å². The Balaban J connectivity index is 0.000001000. The molecule has 64 valence electrons. The van der Waals surface area contributed by atoms with Crippen molar-refractivity contribution in [3.8, 4) is 0 Å². The number of hydrogen-bond acceptors (Lipinski definition) is 3. The Hall–Kier alpha value is -0.540. The maximum Gasteiger partial charge on any atom is 0.326 e. The van der Waals surface area contributed by atoms with E-state index in [1.54, 1.807) is 6.08 Å². The zero-order valence-corrected chi connectivity index (χ0v) is 7.19. The Bertz CT molecular complexity index is 183. The van der Waals surface area contributed by atoms with Gasteiger partial charge in [0.2, 0.25) is 0 Å². The molecule has 0 saturated heterocycles. The van der Waals surface area contributed by atoms with Crippen LogP contribution in [0.5, 0.6) is 0 Å². The molecule has 0 aromatic heterocycles. The van der Waals surface area contributed by atoms with Crippen LogP contribution in [0.1, 0.15) is 6.42 Å². The van der Waals surface area contributed by atoms with Crippen molar-refractivity contribution in [2.75, 3.05) is 7.11 Å². The molecule has 0 amide bonds. The molecule has 0 unspecified atom stereocenters. The summed E-state index contributed by atoms with van der Waals surface area (Å²) in [5.74, 6) is -0.225.